The first kappa shape index (κ1) is 12.3. The maximum Gasteiger partial charge on any atom is 0.132 e. The maximum atomic E-state index is 13.4. The summed E-state index contributed by atoms with van der Waals surface area (Å²) in [6, 6.07) is 16.1. The van der Waals surface area contributed by atoms with E-state index in [2.05, 4.69) is 15.5 Å². The molecule has 0 fully saturated rings. The van der Waals surface area contributed by atoms with E-state index in [1.54, 1.807) is 24.4 Å². The number of anilines is 1. The first-order valence-electron chi connectivity index (χ1n) is 6.22. The molecule has 0 atom stereocenters. The lowest BCUT2D eigenvalue weighted by atomic mass is 10.2. The zero-order chi connectivity index (χ0) is 13.8. The average Bonchev–Trinajstić information content (AvgIpc) is 2.49. The van der Waals surface area contributed by atoms with Crippen LogP contribution in [0.25, 0.3) is 10.9 Å². The van der Waals surface area contributed by atoms with Crippen LogP contribution < -0.4 is 5.43 Å². The summed E-state index contributed by atoms with van der Waals surface area (Å²) >= 11 is 0. The molecule has 0 aliphatic rings. The van der Waals surface area contributed by atoms with Crippen LogP contribution in [0.15, 0.2) is 65.9 Å². The molecule has 0 spiro atoms. The van der Waals surface area contributed by atoms with Crippen LogP contribution in [0.4, 0.5) is 10.1 Å². The molecule has 0 aliphatic heterocycles. The zero-order valence-electron chi connectivity index (χ0n) is 10.6. The summed E-state index contributed by atoms with van der Waals surface area (Å²) < 4.78 is 13.4. The first-order valence-corrected chi connectivity index (χ1v) is 6.22. The van der Waals surface area contributed by atoms with Gasteiger partial charge in [0.1, 0.15) is 5.82 Å². The van der Waals surface area contributed by atoms with Crippen molar-refractivity contribution in [2.45, 2.75) is 0 Å². The standard InChI is InChI=1S/C16H12FN3/c17-14-8-2-1-5-13(14)11-19-20-15-9-3-6-12-7-4-10-18-16(12)15/h1-11,20H/b19-11+. The van der Waals surface area contributed by atoms with Gasteiger partial charge in [0.05, 0.1) is 17.4 Å². The second-order valence-electron chi connectivity index (χ2n) is 4.27. The van der Waals surface area contributed by atoms with Gasteiger partial charge >= 0.3 is 0 Å². The predicted octanol–water partition coefficient (Wildman–Crippen LogP) is 3.82. The molecule has 0 saturated heterocycles. The highest BCUT2D eigenvalue weighted by atomic mass is 19.1. The molecule has 0 bridgehead atoms. The topological polar surface area (TPSA) is 37.3 Å². The van der Waals surface area contributed by atoms with Gasteiger partial charge in [-0.15, -0.1) is 0 Å². The Morgan fingerprint density at radius 2 is 1.85 bits per heavy atom. The van der Waals surface area contributed by atoms with E-state index >= 15 is 0 Å². The maximum absolute atomic E-state index is 13.4. The highest BCUT2D eigenvalue weighted by molar-refractivity contribution is 5.90. The van der Waals surface area contributed by atoms with Crippen molar-refractivity contribution >= 4 is 22.8 Å². The van der Waals surface area contributed by atoms with Crippen LogP contribution in [0.5, 0.6) is 0 Å². The van der Waals surface area contributed by atoms with Crippen molar-refractivity contribution in [1.29, 1.82) is 0 Å². The number of benzene rings is 2. The molecule has 3 nitrogen and oxygen atoms in total. The minimum Gasteiger partial charge on any atom is -0.276 e. The Morgan fingerprint density at radius 3 is 2.75 bits per heavy atom. The molecule has 1 heterocycles. The number of halogens is 1. The quantitative estimate of drug-likeness (QED) is 0.577. The number of nitrogens with zero attached hydrogens (tertiary/aromatic N) is 2. The molecule has 0 aliphatic carbocycles. The van der Waals surface area contributed by atoms with Crippen LogP contribution in [0.2, 0.25) is 0 Å². The Bertz CT molecular complexity index is 763. The molecule has 1 N–H and O–H groups in total. The summed E-state index contributed by atoms with van der Waals surface area (Å²) in [4.78, 5) is 4.31. The van der Waals surface area contributed by atoms with Gasteiger partial charge in [-0.3, -0.25) is 10.4 Å². The molecule has 0 unspecified atom stereocenters. The second kappa shape index (κ2) is 5.48. The molecule has 2 aromatic carbocycles. The van der Waals surface area contributed by atoms with Crippen molar-refractivity contribution < 1.29 is 4.39 Å². The number of rotatable bonds is 3. The Kier molecular flexibility index (Phi) is 3.37. The van der Waals surface area contributed by atoms with Gasteiger partial charge in [-0.2, -0.15) is 5.10 Å². The first-order chi connectivity index (χ1) is 9.84. The van der Waals surface area contributed by atoms with E-state index in [0.717, 1.165) is 16.6 Å². The lowest BCUT2D eigenvalue weighted by molar-refractivity contribution is 0.626. The Labute approximate surface area is 115 Å². The third-order valence-corrected chi connectivity index (χ3v) is 2.93. The van der Waals surface area contributed by atoms with E-state index < -0.39 is 0 Å². The van der Waals surface area contributed by atoms with Gasteiger partial charge in [0.2, 0.25) is 0 Å². The monoisotopic (exact) mass is 265 g/mol. The normalized spacial score (nSPS) is 11.1. The van der Waals surface area contributed by atoms with Crippen LogP contribution >= 0.6 is 0 Å². The molecule has 4 heteroatoms. The number of hydrogen-bond acceptors (Lipinski definition) is 3. The summed E-state index contributed by atoms with van der Waals surface area (Å²) in [6.45, 7) is 0. The molecule has 1 aromatic heterocycles. The number of pyridine rings is 1. The third kappa shape index (κ3) is 2.49. The van der Waals surface area contributed by atoms with Gasteiger partial charge < -0.3 is 0 Å². The molecule has 0 saturated carbocycles. The Hall–Kier alpha value is -2.75. The smallest absolute Gasteiger partial charge is 0.132 e. The molecule has 98 valence electrons. The highest BCUT2D eigenvalue weighted by Gasteiger charge is 2.00. The lowest BCUT2D eigenvalue weighted by Gasteiger charge is -2.04. The van der Waals surface area contributed by atoms with Crippen LogP contribution in [-0.4, -0.2) is 11.2 Å². The van der Waals surface area contributed by atoms with Crippen molar-refractivity contribution in [3.63, 3.8) is 0 Å². The van der Waals surface area contributed by atoms with Gasteiger partial charge in [-0.25, -0.2) is 4.39 Å². The van der Waals surface area contributed by atoms with Crippen LogP contribution in [0, 0.1) is 5.82 Å². The van der Waals surface area contributed by atoms with Crippen LogP contribution in [0.3, 0.4) is 0 Å². The van der Waals surface area contributed by atoms with Gasteiger partial charge in [0.15, 0.2) is 0 Å². The molecular formula is C16H12FN3. The second-order valence-corrected chi connectivity index (χ2v) is 4.27. The van der Waals surface area contributed by atoms with E-state index in [0.29, 0.717) is 5.56 Å². The van der Waals surface area contributed by atoms with Crippen molar-refractivity contribution in [2.75, 3.05) is 5.43 Å². The predicted molar refractivity (Wildman–Crippen MR) is 79.4 cm³/mol. The van der Waals surface area contributed by atoms with Gasteiger partial charge in [-0.05, 0) is 18.2 Å². The largest absolute Gasteiger partial charge is 0.276 e. The molecule has 0 radical (unpaired) electrons. The zero-order valence-corrected chi connectivity index (χ0v) is 10.6. The fraction of sp³-hybridized carbons (Fsp3) is 0. The van der Waals surface area contributed by atoms with Gasteiger partial charge in [-0.1, -0.05) is 36.4 Å². The number of aromatic nitrogens is 1. The van der Waals surface area contributed by atoms with Crippen molar-refractivity contribution in [3.05, 3.63) is 72.2 Å². The molecule has 20 heavy (non-hydrogen) atoms. The molecular weight excluding hydrogens is 253 g/mol. The Balaban J connectivity index is 1.86. The number of hydrogen-bond donors (Lipinski definition) is 1. The Morgan fingerprint density at radius 1 is 1.00 bits per heavy atom. The lowest BCUT2D eigenvalue weighted by Crippen LogP contribution is -1.94. The SMILES string of the molecule is Fc1ccccc1/C=N/Nc1cccc2cccnc12. The number of nitrogens with one attached hydrogen (secondary N) is 1. The average molecular weight is 265 g/mol. The van der Waals surface area contributed by atoms with Gasteiger partial charge in [0, 0.05) is 17.1 Å². The van der Waals surface area contributed by atoms with Gasteiger partial charge in [0.25, 0.3) is 0 Å². The molecule has 3 rings (SSSR count). The van der Waals surface area contributed by atoms with Crippen molar-refractivity contribution in [3.8, 4) is 0 Å². The highest BCUT2D eigenvalue weighted by Crippen LogP contribution is 2.20. The third-order valence-electron chi connectivity index (χ3n) is 2.93. The fourth-order valence-electron chi connectivity index (χ4n) is 1.95. The van der Waals surface area contributed by atoms with E-state index in [-0.39, 0.29) is 5.82 Å². The van der Waals surface area contributed by atoms with E-state index in [4.69, 9.17) is 0 Å². The summed E-state index contributed by atoms with van der Waals surface area (Å²) in [5, 5.41) is 5.09. The number of hydrazone groups is 1. The molecule has 0 amide bonds. The van der Waals surface area contributed by atoms with E-state index in [1.165, 1.54) is 12.3 Å². The number of para-hydroxylation sites is 1. The minimum atomic E-state index is -0.297. The number of fused-ring (bicyclic) bond motifs is 1. The van der Waals surface area contributed by atoms with Crippen LogP contribution in [0.1, 0.15) is 5.56 Å². The fourth-order valence-corrected chi connectivity index (χ4v) is 1.95. The summed E-state index contributed by atoms with van der Waals surface area (Å²) in [5.74, 6) is -0.297. The van der Waals surface area contributed by atoms with Crippen LogP contribution in [-0.2, 0) is 0 Å². The summed E-state index contributed by atoms with van der Waals surface area (Å²) in [7, 11) is 0. The summed E-state index contributed by atoms with van der Waals surface area (Å²) in [5.41, 5.74) is 4.96. The molecule has 3 aromatic rings. The summed E-state index contributed by atoms with van der Waals surface area (Å²) in [6.07, 6.45) is 3.19. The van der Waals surface area contributed by atoms with Crippen molar-refractivity contribution in [1.82, 2.24) is 4.98 Å². The van der Waals surface area contributed by atoms with E-state index in [9.17, 15) is 4.39 Å². The van der Waals surface area contributed by atoms with E-state index in [1.807, 2.05) is 30.3 Å². The van der Waals surface area contributed by atoms with Crippen molar-refractivity contribution in [2.24, 2.45) is 5.10 Å². The minimum absolute atomic E-state index is 0.297.